The van der Waals surface area contributed by atoms with Crippen molar-refractivity contribution in [2.45, 2.75) is 73.1 Å². The second kappa shape index (κ2) is 4.64. The molecule has 18 heavy (non-hydrogen) atoms. The molecule has 0 aromatic heterocycles. The lowest BCUT2D eigenvalue weighted by molar-refractivity contribution is 0.495. The van der Waals surface area contributed by atoms with Crippen molar-refractivity contribution >= 4 is 8.24 Å². The SMILES string of the molecule is CC1=CC(C)(C[Si](C)(C)NC(C)(C)C)C(C)=C1C. The first kappa shape index (κ1) is 15.7. The van der Waals surface area contributed by atoms with Crippen LogP contribution in [0.2, 0.25) is 19.1 Å². The fourth-order valence-corrected chi connectivity index (χ4v) is 7.90. The highest BCUT2D eigenvalue weighted by Gasteiger charge is 2.38. The van der Waals surface area contributed by atoms with Gasteiger partial charge in [0.05, 0.1) is 0 Å². The van der Waals surface area contributed by atoms with Gasteiger partial charge in [-0.2, -0.15) is 0 Å². The molecule has 0 saturated carbocycles. The first-order valence-electron chi connectivity index (χ1n) is 7.03. The van der Waals surface area contributed by atoms with E-state index in [1.165, 1.54) is 17.2 Å². The first-order valence-corrected chi connectivity index (χ1v) is 10.2. The van der Waals surface area contributed by atoms with E-state index in [0.29, 0.717) is 0 Å². The Morgan fingerprint density at radius 1 is 1.17 bits per heavy atom. The fraction of sp³-hybridized carbons (Fsp3) is 0.750. The van der Waals surface area contributed by atoms with Crippen molar-refractivity contribution in [3.63, 3.8) is 0 Å². The van der Waals surface area contributed by atoms with Gasteiger partial charge in [-0.15, -0.1) is 0 Å². The van der Waals surface area contributed by atoms with Gasteiger partial charge in [-0.1, -0.05) is 37.2 Å². The molecule has 1 nitrogen and oxygen atoms in total. The van der Waals surface area contributed by atoms with Crippen molar-refractivity contribution < 1.29 is 0 Å². The Morgan fingerprint density at radius 2 is 1.67 bits per heavy atom. The minimum atomic E-state index is -1.41. The van der Waals surface area contributed by atoms with Crippen molar-refractivity contribution in [2.24, 2.45) is 5.41 Å². The van der Waals surface area contributed by atoms with E-state index in [1.54, 1.807) is 5.57 Å². The maximum atomic E-state index is 3.88. The minimum Gasteiger partial charge on any atom is -0.333 e. The van der Waals surface area contributed by atoms with Crippen molar-refractivity contribution in [3.8, 4) is 0 Å². The summed E-state index contributed by atoms with van der Waals surface area (Å²) in [5.74, 6) is 0. The van der Waals surface area contributed by atoms with Gasteiger partial charge in [0, 0.05) is 11.0 Å². The summed E-state index contributed by atoms with van der Waals surface area (Å²) >= 11 is 0. The van der Waals surface area contributed by atoms with Gasteiger partial charge in [0.2, 0.25) is 0 Å². The molecule has 0 aromatic carbocycles. The molecule has 1 aliphatic rings. The molecular weight excluding hydrogens is 234 g/mol. The number of allylic oxidation sites excluding steroid dienone is 4. The van der Waals surface area contributed by atoms with Gasteiger partial charge < -0.3 is 4.98 Å². The van der Waals surface area contributed by atoms with E-state index in [0.717, 1.165) is 0 Å². The van der Waals surface area contributed by atoms with E-state index in [1.807, 2.05) is 0 Å². The molecule has 0 spiro atoms. The van der Waals surface area contributed by atoms with Gasteiger partial charge in [-0.05, 0) is 53.2 Å². The lowest BCUT2D eigenvalue weighted by atomic mass is 9.87. The summed E-state index contributed by atoms with van der Waals surface area (Å²) in [6.45, 7) is 20.9. The summed E-state index contributed by atoms with van der Waals surface area (Å²) in [5, 5.41) is 0. The lowest BCUT2D eigenvalue weighted by Crippen LogP contribution is -2.56. The third-order valence-electron chi connectivity index (χ3n) is 4.07. The molecule has 0 aromatic rings. The fourth-order valence-electron chi connectivity index (χ4n) is 3.58. The Morgan fingerprint density at radius 3 is 2.00 bits per heavy atom. The molecule has 1 atom stereocenters. The van der Waals surface area contributed by atoms with Gasteiger partial charge >= 0.3 is 0 Å². The standard InChI is InChI=1S/C16H31NSi/c1-12-10-16(7,14(3)13(12)2)11-18(8,9)17-15(4,5)6/h10,17H,11H2,1-9H3. The average molecular weight is 266 g/mol. The molecule has 1 aliphatic carbocycles. The smallest absolute Gasteiger partial charge is 0.120 e. The van der Waals surface area contributed by atoms with Crippen LogP contribution in [0, 0.1) is 5.41 Å². The zero-order chi connectivity index (χ0) is 14.4. The average Bonchev–Trinajstić information content (AvgIpc) is 2.24. The minimum absolute atomic E-state index is 0.218. The van der Waals surface area contributed by atoms with Crippen LogP contribution < -0.4 is 4.98 Å². The monoisotopic (exact) mass is 265 g/mol. The van der Waals surface area contributed by atoms with Gasteiger partial charge in [0.25, 0.3) is 0 Å². The van der Waals surface area contributed by atoms with Crippen molar-refractivity contribution in [1.29, 1.82) is 0 Å². The van der Waals surface area contributed by atoms with Gasteiger partial charge in [0.15, 0.2) is 0 Å². The molecule has 2 heteroatoms. The third-order valence-corrected chi connectivity index (χ3v) is 7.11. The number of hydrogen-bond acceptors (Lipinski definition) is 1. The highest BCUT2D eigenvalue weighted by atomic mass is 28.3. The number of hydrogen-bond donors (Lipinski definition) is 1. The summed E-state index contributed by atoms with van der Waals surface area (Å²) in [6, 6.07) is 1.28. The summed E-state index contributed by atoms with van der Waals surface area (Å²) in [7, 11) is -1.41. The molecule has 0 fully saturated rings. The molecule has 0 saturated heterocycles. The van der Waals surface area contributed by atoms with E-state index in [4.69, 9.17) is 0 Å². The maximum absolute atomic E-state index is 3.88. The number of nitrogens with one attached hydrogen (secondary N) is 1. The molecule has 0 bridgehead atoms. The largest absolute Gasteiger partial charge is 0.333 e. The van der Waals surface area contributed by atoms with Crippen LogP contribution in [0.5, 0.6) is 0 Å². The van der Waals surface area contributed by atoms with Crippen LogP contribution in [0.25, 0.3) is 0 Å². The van der Waals surface area contributed by atoms with Crippen molar-refractivity contribution in [1.82, 2.24) is 4.98 Å². The lowest BCUT2D eigenvalue weighted by Gasteiger charge is -2.39. The summed E-state index contributed by atoms with van der Waals surface area (Å²) in [5.41, 5.74) is 5.02. The van der Waals surface area contributed by atoms with Crippen LogP contribution in [-0.2, 0) is 0 Å². The van der Waals surface area contributed by atoms with Crippen LogP contribution in [-0.4, -0.2) is 13.8 Å². The van der Waals surface area contributed by atoms with Crippen molar-refractivity contribution in [3.05, 3.63) is 22.8 Å². The summed E-state index contributed by atoms with van der Waals surface area (Å²) in [4.78, 5) is 3.88. The molecule has 104 valence electrons. The molecule has 0 radical (unpaired) electrons. The Balaban J connectivity index is 2.92. The molecule has 0 heterocycles. The molecule has 1 rings (SSSR count). The second-order valence-corrected chi connectivity index (χ2v) is 12.3. The van der Waals surface area contributed by atoms with E-state index < -0.39 is 8.24 Å². The first-order chi connectivity index (χ1) is 7.86. The normalized spacial score (nSPS) is 25.7. The predicted octanol–water partition coefficient (Wildman–Crippen LogP) is 4.88. The van der Waals surface area contributed by atoms with Crippen molar-refractivity contribution in [2.75, 3.05) is 0 Å². The molecule has 1 unspecified atom stereocenters. The highest BCUT2D eigenvalue weighted by Crippen LogP contribution is 2.45. The maximum Gasteiger partial charge on any atom is 0.120 e. The summed E-state index contributed by atoms with van der Waals surface area (Å²) < 4.78 is 0. The topological polar surface area (TPSA) is 12.0 Å². The van der Waals surface area contributed by atoms with Crippen LogP contribution in [0.1, 0.15) is 48.5 Å². The zero-order valence-corrected chi connectivity index (χ0v) is 14.8. The second-order valence-electron chi connectivity index (χ2n) is 7.93. The van der Waals surface area contributed by atoms with Crippen LogP contribution >= 0.6 is 0 Å². The quantitative estimate of drug-likeness (QED) is 0.717. The van der Waals surface area contributed by atoms with Gasteiger partial charge in [-0.3, -0.25) is 0 Å². The van der Waals surface area contributed by atoms with E-state index in [-0.39, 0.29) is 11.0 Å². The Hall–Kier alpha value is -0.343. The summed E-state index contributed by atoms with van der Waals surface area (Å²) in [6.07, 6.45) is 2.48. The molecule has 1 N–H and O–H groups in total. The highest BCUT2D eigenvalue weighted by molar-refractivity contribution is 6.75. The Labute approximate surface area is 115 Å². The number of rotatable bonds is 3. The molecule has 0 aliphatic heterocycles. The Kier molecular flexibility index (Phi) is 4.05. The Bertz CT molecular complexity index is 396. The van der Waals surface area contributed by atoms with Crippen LogP contribution in [0.15, 0.2) is 22.8 Å². The third kappa shape index (κ3) is 3.58. The van der Waals surface area contributed by atoms with Crippen LogP contribution in [0.3, 0.4) is 0 Å². The van der Waals surface area contributed by atoms with Gasteiger partial charge in [0.1, 0.15) is 8.24 Å². The zero-order valence-electron chi connectivity index (χ0n) is 13.8. The van der Waals surface area contributed by atoms with Gasteiger partial charge in [-0.25, -0.2) is 0 Å². The predicted molar refractivity (Wildman–Crippen MR) is 85.4 cm³/mol. The van der Waals surface area contributed by atoms with Crippen LogP contribution in [0.4, 0.5) is 0 Å². The molecule has 0 amide bonds. The molecular formula is C16H31NSi. The van der Waals surface area contributed by atoms with E-state index in [9.17, 15) is 0 Å². The van der Waals surface area contributed by atoms with E-state index in [2.05, 4.69) is 72.6 Å². The van der Waals surface area contributed by atoms with E-state index >= 15 is 0 Å².